The lowest BCUT2D eigenvalue weighted by molar-refractivity contribution is 0.0534. The van der Waals surface area contributed by atoms with Crippen LogP contribution in [0.2, 0.25) is 0 Å². The predicted molar refractivity (Wildman–Crippen MR) is 94.5 cm³/mol. The minimum Gasteiger partial charge on any atom is -0.493 e. The fourth-order valence-corrected chi connectivity index (χ4v) is 3.97. The number of hydrogen-bond donors (Lipinski definition) is 0. The third-order valence-corrected chi connectivity index (χ3v) is 5.73. The van der Waals surface area contributed by atoms with Gasteiger partial charge in [-0.25, -0.2) is 0 Å². The van der Waals surface area contributed by atoms with E-state index in [9.17, 15) is 8.42 Å². The van der Waals surface area contributed by atoms with Crippen molar-refractivity contribution in [2.45, 2.75) is 30.8 Å². The minimum absolute atomic E-state index is 0.111. The fourth-order valence-electron chi connectivity index (χ4n) is 3.04. The van der Waals surface area contributed by atoms with Crippen molar-refractivity contribution >= 4 is 10.1 Å². The van der Waals surface area contributed by atoms with Gasteiger partial charge < -0.3 is 14.2 Å². The van der Waals surface area contributed by atoms with E-state index in [4.69, 9.17) is 18.4 Å². The lowest BCUT2D eigenvalue weighted by Gasteiger charge is -2.30. The lowest BCUT2D eigenvalue weighted by Crippen LogP contribution is -2.35. The number of aryl methyl sites for hydroxylation is 1. The summed E-state index contributed by atoms with van der Waals surface area (Å²) in [5.74, 6) is 2.09. The highest BCUT2D eigenvalue weighted by atomic mass is 32.2. The van der Waals surface area contributed by atoms with E-state index in [1.54, 1.807) is 12.1 Å². The van der Waals surface area contributed by atoms with Crippen LogP contribution in [0.15, 0.2) is 41.3 Å². The highest BCUT2D eigenvalue weighted by Crippen LogP contribution is 2.42. The van der Waals surface area contributed by atoms with Gasteiger partial charge in [0.25, 0.3) is 10.1 Å². The van der Waals surface area contributed by atoms with Crippen LogP contribution in [0.5, 0.6) is 17.2 Å². The largest absolute Gasteiger partial charge is 0.493 e. The quantitative estimate of drug-likeness (QED) is 0.764. The van der Waals surface area contributed by atoms with Gasteiger partial charge in [0.15, 0.2) is 17.6 Å². The maximum Gasteiger partial charge on any atom is 0.297 e. The van der Waals surface area contributed by atoms with Gasteiger partial charge in [-0.3, -0.25) is 4.18 Å². The van der Waals surface area contributed by atoms with Crippen molar-refractivity contribution in [1.29, 1.82) is 0 Å². The molecule has 7 heteroatoms. The van der Waals surface area contributed by atoms with Crippen LogP contribution in [0.3, 0.4) is 0 Å². The topological polar surface area (TPSA) is 71.1 Å². The molecule has 1 atom stereocenters. The molecule has 2 aliphatic heterocycles. The first kappa shape index (κ1) is 17.2. The maximum absolute atomic E-state index is 12.3. The first-order chi connectivity index (χ1) is 12.5. The Morgan fingerprint density at radius 2 is 1.85 bits per heavy atom. The van der Waals surface area contributed by atoms with Crippen LogP contribution in [-0.2, 0) is 20.7 Å². The molecule has 0 amide bonds. The van der Waals surface area contributed by atoms with E-state index < -0.39 is 16.2 Å². The molecular formula is C19H20O6S. The Balaban J connectivity index is 1.47. The zero-order chi connectivity index (χ0) is 18.1. The predicted octanol–water partition coefficient (Wildman–Crippen LogP) is 2.87. The minimum atomic E-state index is -3.83. The number of fused-ring (bicyclic) bond motifs is 3. The molecule has 138 valence electrons. The van der Waals surface area contributed by atoms with Gasteiger partial charge in [0.1, 0.15) is 19.0 Å². The Kier molecular flexibility index (Phi) is 4.50. The maximum atomic E-state index is 12.3. The molecule has 0 saturated carbocycles. The number of rotatable bonds is 4. The molecule has 2 aliphatic rings. The Labute approximate surface area is 152 Å². The second-order valence-corrected chi connectivity index (χ2v) is 8.04. The molecule has 0 saturated heterocycles. The molecule has 4 rings (SSSR count). The van der Waals surface area contributed by atoms with Crippen LogP contribution in [0.1, 0.15) is 17.5 Å². The molecule has 2 aromatic rings. The third-order valence-electron chi connectivity index (χ3n) is 4.44. The van der Waals surface area contributed by atoms with Gasteiger partial charge in [-0.05, 0) is 44.0 Å². The van der Waals surface area contributed by atoms with Crippen LogP contribution in [-0.4, -0.2) is 34.3 Å². The van der Waals surface area contributed by atoms with Gasteiger partial charge in [-0.2, -0.15) is 8.42 Å². The summed E-state index contributed by atoms with van der Waals surface area (Å²) in [6, 6.07) is 10.2. The number of hydrogen-bond acceptors (Lipinski definition) is 6. The first-order valence-corrected chi connectivity index (χ1v) is 9.98. The van der Waals surface area contributed by atoms with E-state index in [2.05, 4.69) is 0 Å². The van der Waals surface area contributed by atoms with Gasteiger partial charge in [0, 0.05) is 5.56 Å². The Morgan fingerprint density at radius 1 is 1.08 bits per heavy atom. The molecular weight excluding hydrogens is 356 g/mol. The van der Waals surface area contributed by atoms with Crippen LogP contribution < -0.4 is 14.2 Å². The van der Waals surface area contributed by atoms with Crippen LogP contribution in [0.25, 0.3) is 0 Å². The molecule has 2 aromatic carbocycles. The molecule has 0 spiro atoms. The molecule has 0 aliphatic carbocycles. The van der Waals surface area contributed by atoms with E-state index in [0.717, 1.165) is 29.7 Å². The van der Waals surface area contributed by atoms with Gasteiger partial charge in [-0.1, -0.05) is 17.7 Å². The SMILES string of the molecule is Cc1ccc(S(=O)(=O)OCC2COc3ccc4c(c3O2)CCCO4)cc1. The van der Waals surface area contributed by atoms with E-state index in [0.29, 0.717) is 18.1 Å². The van der Waals surface area contributed by atoms with Crippen LogP contribution >= 0.6 is 0 Å². The summed E-state index contributed by atoms with van der Waals surface area (Å²) < 4.78 is 47.2. The van der Waals surface area contributed by atoms with Gasteiger partial charge in [0.05, 0.1) is 11.5 Å². The summed E-state index contributed by atoms with van der Waals surface area (Å²) in [4.78, 5) is 0.131. The van der Waals surface area contributed by atoms with Crippen molar-refractivity contribution in [2.75, 3.05) is 19.8 Å². The van der Waals surface area contributed by atoms with E-state index in [1.807, 2.05) is 19.1 Å². The zero-order valence-electron chi connectivity index (χ0n) is 14.4. The average molecular weight is 376 g/mol. The highest BCUT2D eigenvalue weighted by Gasteiger charge is 2.29. The molecule has 26 heavy (non-hydrogen) atoms. The van der Waals surface area contributed by atoms with Gasteiger partial charge >= 0.3 is 0 Å². The summed E-state index contributed by atoms with van der Waals surface area (Å²) in [7, 11) is -3.83. The monoisotopic (exact) mass is 376 g/mol. The Bertz CT molecular complexity index is 904. The van der Waals surface area contributed by atoms with Crippen molar-refractivity contribution in [2.24, 2.45) is 0 Å². The normalized spacial score (nSPS) is 18.7. The van der Waals surface area contributed by atoms with Gasteiger partial charge in [-0.15, -0.1) is 0 Å². The summed E-state index contributed by atoms with van der Waals surface area (Å²) >= 11 is 0. The third kappa shape index (κ3) is 3.37. The van der Waals surface area contributed by atoms with Crippen LogP contribution in [0, 0.1) is 6.92 Å². The van der Waals surface area contributed by atoms with Crippen molar-refractivity contribution in [3.63, 3.8) is 0 Å². The average Bonchev–Trinajstić information content (AvgIpc) is 2.66. The zero-order valence-corrected chi connectivity index (χ0v) is 15.3. The van der Waals surface area contributed by atoms with Crippen molar-refractivity contribution in [3.05, 3.63) is 47.5 Å². The van der Waals surface area contributed by atoms with Crippen molar-refractivity contribution < 1.29 is 26.8 Å². The molecule has 6 nitrogen and oxygen atoms in total. The van der Waals surface area contributed by atoms with Crippen molar-refractivity contribution in [1.82, 2.24) is 0 Å². The highest BCUT2D eigenvalue weighted by molar-refractivity contribution is 7.86. The summed E-state index contributed by atoms with van der Waals surface area (Å²) in [5.41, 5.74) is 1.96. The molecule has 0 radical (unpaired) electrons. The Hall–Kier alpha value is -2.25. The Morgan fingerprint density at radius 3 is 2.65 bits per heavy atom. The van der Waals surface area contributed by atoms with Crippen molar-refractivity contribution in [3.8, 4) is 17.2 Å². The molecule has 0 bridgehead atoms. The second kappa shape index (κ2) is 6.81. The molecule has 0 fully saturated rings. The van der Waals surface area contributed by atoms with E-state index in [1.165, 1.54) is 12.1 Å². The number of ether oxygens (including phenoxy) is 3. The molecule has 2 heterocycles. The smallest absolute Gasteiger partial charge is 0.297 e. The standard InChI is InChI=1S/C19H20O6S/c1-13-4-6-15(7-5-13)26(20,21)24-12-14-11-23-18-9-8-17-16(19(18)25-14)3-2-10-22-17/h4-9,14H,2-3,10-12H2,1H3. The molecule has 0 aromatic heterocycles. The molecule has 1 unspecified atom stereocenters. The summed E-state index contributed by atoms with van der Waals surface area (Å²) in [6.45, 7) is 2.70. The summed E-state index contributed by atoms with van der Waals surface area (Å²) in [5, 5.41) is 0. The van der Waals surface area contributed by atoms with E-state index in [-0.39, 0.29) is 18.1 Å². The first-order valence-electron chi connectivity index (χ1n) is 8.57. The van der Waals surface area contributed by atoms with Crippen LogP contribution in [0.4, 0.5) is 0 Å². The number of benzene rings is 2. The van der Waals surface area contributed by atoms with E-state index >= 15 is 0 Å². The fraction of sp³-hybridized carbons (Fsp3) is 0.368. The molecule has 0 N–H and O–H groups in total. The lowest BCUT2D eigenvalue weighted by atomic mass is 10.0. The second-order valence-electron chi connectivity index (χ2n) is 6.42. The summed E-state index contributed by atoms with van der Waals surface area (Å²) in [6.07, 6.45) is 1.25. The van der Waals surface area contributed by atoms with Gasteiger partial charge in [0.2, 0.25) is 0 Å².